The van der Waals surface area contributed by atoms with E-state index in [2.05, 4.69) is 52.6 Å². The summed E-state index contributed by atoms with van der Waals surface area (Å²) in [4.78, 5) is 10.8. The highest BCUT2D eigenvalue weighted by molar-refractivity contribution is 7.98. The van der Waals surface area contributed by atoms with Gasteiger partial charge in [0.05, 0.1) is 12.6 Å². The zero-order valence-corrected chi connectivity index (χ0v) is 18.9. The predicted molar refractivity (Wildman–Crippen MR) is 118 cm³/mol. The zero-order chi connectivity index (χ0) is 22.8. The van der Waals surface area contributed by atoms with Crippen LogP contribution in [0.4, 0.5) is 19.1 Å². The Kier molecular flexibility index (Phi) is 7.16. The second-order valence-electron chi connectivity index (χ2n) is 7.49. The van der Waals surface area contributed by atoms with Crippen molar-refractivity contribution in [3.63, 3.8) is 0 Å². The Bertz CT molecular complexity index is 1050. The molecule has 31 heavy (non-hydrogen) atoms. The summed E-state index contributed by atoms with van der Waals surface area (Å²) < 4.78 is 42.3. The molecule has 0 saturated heterocycles. The molecule has 0 radical (unpaired) electrons. The van der Waals surface area contributed by atoms with E-state index < -0.39 is 18.0 Å². The smallest absolute Gasteiger partial charge is 0.389 e. The molecule has 3 aromatic rings. The molecule has 1 unspecified atom stereocenters. The van der Waals surface area contributed by atoms with Gasteiger partial charge < -0.3 is 14.6 Å². The quantitative estimate of drug-likeness (QED) is 0.520. The molecule has 0 aliphatic carbocycles. The topological polar surface area (TPSA) is 54.2 Å². The van der Waals surface area contributed by atoms with Crippen LogP contribution < -0.4 is 4.90 Å². The fourth-order valence-electron chi connectivity index (χ4n) is 3.55. The number of hydrogen-bond acceptors (Lipinski definition) is 5. The van der Waals surface area contributed by atoms with Crippen LogP contribution >= 0.6 is 11.8 Å². The van der Waals surface area contributed by atoms with E-state index in [1.54, 1.807) is 16.7 Å². The summed E-state index contributed by atoms with van der Waals surface area (Å²) in [6.45, 7) is 7.09. The van der Waals surface area contributed by atoms with Crippen LogP contribution in [0.5, 0.6) is 0 Å². The number of aliphatic hydroxyl groups is 1. The fourth-order valence-corrected chi connectivity index (χ4v) is 3.98. The number of rotatable bonds is 3. The SMILES string of the molecule is CCC.CSc1ccc2cc3n(c2c1)CCN(c1ncc(C(C)O)c(C(F)(F)F)n1)C3. The Hall–Kier alpha value is -2.26. The number of aliphatic hydroxyl groups excluding tert-OH is 1. The standard InChI is InChI=1S/C19H19F3N4OS.C3H8/c1-11(27)15-9-23-18(24-17(15)19(20,21)22)25-5-6-26-13(10-25)7-12-3-4-14(28-2)8-16(12)26;1-3-2/h3-4,7-9,11,27H,5-6,10H2,1-2H3;3H2,1-2H3. The van der Waals surface area contributed by atoms with Crippen LogP contribution in [0.2, 0.25) is 0 Å². The number of anilines is 1. The van der Waals surface area contributed by atoms with Crippen molar-refractivity contribution in [1.29, 1.82) is 0 Å². The first-order valence-corrected chi connectivity index (χ1v) is 11.4. The summed E-state index contributed by atoms with van der Waals surface area (Å²) in [5.74, 6) is 0.0260. The maximum atomic E-state index is 13.4. The Labute approximate surface area is 184 Å². The van der Waals surface area contributed by atoms with Crippen molar-refractivity contribution in [3.8, 4) is 0 Å². The minimum Gasteiger partial charge on any atom is -0.389 e. The molecule has 9 heteroatoms. The van der Waals surface area contributed by atoms with E-state index in [1.165, 1.54) is 18.2 Å². The van der Waals surface area contributed by atoms with Gasteiger partial charge in [0.2, 0.25) is 5.95 Å². The second kappa shape index (κ2) is 9.48. The molecule has 1 aliphatic heterocycles. The van der Waals surface area contributed by atoms with Crippen LogP contribution in [-0.2, 0) is 19.3 Å². The lowest BCUT2D eigenvalue weighted by molar-refractivity contribution is -0.142. The third kappa shape index (κ3) is 4.98. The summed E-state index contributed by atoms with van der Waals surface area (Å²) in [6.07, 6.45) is -1.59. The third-order valence-corrected chi connectivity index (χ3v) is 5.67. The van der Waals surface area contributed by atoms with Gasteiger partial charge in [0.25, 0.3) is 0 Å². The molecule has 1 aromatic carbocycles. The summed E-state index contributed by atoms with van der Waals surface area (Å²) in [6, 6.07) is 8.31. The Morgan fingerprint density at radius 2 is 1.90 bits per heavy atom. The van der Waals surface area contributed by atoms with Crippen molar-refractivity contribution in [3.05, 3.63) is 47.4 Å². The van der Waals surface area contributed by atoms with Crippen LogP contribution in [0, 0.1) is 0 Å². The molecule has 2 aromatic heterocycles. The molecule has 1 N–H and O–H groups in total. The van der Waals surface area contributed by atoms with Gasteiger partial charge in [-0.3, -0.25) is 0 Å². The molecule has 1 atom stereocenters. The van der Waals surface area contributed by atoms with Crippen molar-refractivity contribution in [1.82, 2.24) is 14.5 Å². The molecule has 1 aliphatic rings. The number of alkyl halides is 3. The average Bonchev–Trinajstić information content (AvgIpc) is 3.10. The van der Waals surface area contributed by atoms with Crippen LogP contribution in [0.3, 0.4) is 0 Å². The summed E-state index contributed by atoms with van der Waals surface area (Å²) >= 11 is 1.67. The molecule has 168 valence electrons. The lowest BCUT2D eigenvalue weighted by Crippen LogP contribution is -2.35. The summed E-state index contributed by atoms with van der Waals surface area (Å²) in [7, 11) is 0. The van der Waals surface area contributed by atoms with Gasteiger partial charge >= 0.3 is 6.18 Å². The zero-order valence-electron chi connectivity index (χ0n) is 18.1. The fraction of sp³-hybridized carbons (Fsp3) is 0.455. The number of aromatic nitrogens is 3. The maximum Gasteiger partial charge on any atom is 0.433 e. The highest BCUT2D eigenvalue weighted by Crippen LogP contribution is 2.35. The lowest BCUT2D eigenvalue weighted by Gasteiger charge is -2.29. The summed E-state index contributed by atoms with van der Waals surface area (Å²) in [5, 5.41) is 10.7. The number of halogens is 3. The molecule has 3 heterocycles. The predicted octanol–water partition coefficient (Wildman–Crippen LogP) is 5.66. The molecule has 0 bridgehead atoms. The number of fused-ring (bicyclic) bond motifs is 3. The van der Waals surface area contributed by atoms with Crippen LogP contribution in [-0.4, -0.2) is 32.4 Å². The first-order valence-electron chi connectivity index (χ1n) is 10.2. The number of benzene rings is 1. The Morgan fingerprint density at radius 3 is 2.52 bits per heavy atom. The van der Waals surface area contributed by atoms with E-state index in [9.17, 15) is 18.3 Å². The van der Waals surface area contributed by atoms with Crippen molar-refractivity contribution in [2.24, 2.45) is 0 Å². The number of nitrogens with zero attached hydrogens (tertiary/aromatic N) is 4. The van der Waals surface area contributed by atoms with E-state index in [-0.39, 0.29) is 11.5 Å². The number of thioether (sulfide) groups is 1. The van der Waals surface area contributed by atoms with Gasteiger partial charge in [0, 0.05) is 46.3 Å². The van der Waals surface area contributed by atoms with Gasteiger partial charge in [-0.2, -0.15) is 13.2 Å². The third-order valence-electron chi connectivity index (χ3n) is 4.95. The Balaban J connectivity index is 0.000000858. The van der Waals surface area contributed by atoms with Gasteiger partial charge in [0.1, 0.15) is 0 Å². The van der Waals surface area contributed by atoms with Crippen molar-refractivity contribution in [2.45, 2.75) is 57.5 Å². The molecule has 4 rings (SSSR count). The number of hydrogen-bond donors (Lipinski definition) is 1. The van der Waals surface area contributed by atoms with Gasteiger partial charge in [-0.15, -0.1) is 11.8 Å². The normalized spacial score (nSPS) is 14.8. The maximum absolute atomic E-state index is 13.4. The van der Waals surface area contributed by atoms with E-state index >= 15 is 0 Å². The van der Waals surface area contributed by atoms with E-state index in [4.69, 9.17) is 0 Å². The van der Waals surface area contributed by atoms with Crippen molar-refractivity contribution in [2.75, 3.05) is 17.7 Å². The highest BCUT2D eigenvalue weighted by Gasteiger charge is 2.37. The molecular weight excluding hydrogens is 425 g/mol. The van der Waals surface area contributed by atoms with E-state index in [1.807, 2.05) is 6.26 Å². The molecule has 5 nitrogen and oxygen atoms in total. The first kappa shape index (κ1) is 23.4. The van der Waals surface area contributed by atoms with Gasteiger partial charge in [-0.25, -0.2) is 9.97 Å². The molecular formula is C22H27F3N4OS. The van der Waals surface area contributed by atoms with Crippen LogP contribution in [0.25, 0.3) is 10.9 Å². The van der Waals surface area contributed by atoms with Crippen LogP contribution in [0.1, 0.15) is 50.2 Å². The lowest BCUT2D eigenvalue weighted by atomic mass is 10.1. The van der Waals surface area contributed by atoms with Crippen molar-refractivity contribution < 1.29 is 18.3 Å². The van der Waals surface area contributed by atoms with Crippen LogP contribution in [0.15, 0.2) is 35.4 Å². The largest absolute Gasteiger partial charge is 0.433 e. The first-order chi connectivity index (χ1) is 14.7. The van der Waals surface area contributed by atoms with Gasteiger partial charge in [-0.1, -0.05) is 26.3 Å². The molecule has 0 saturated carbocycles. The molecule has 0 fully saturated rings. The summed E-state index contributed by atoms with van der Waals surface area (Å²) in [5.41, 5.74) is 0.745. The second-order valence-corrected chi connectivity index (χ2v) is 8.37. The van der Waals surface area contributed by atoms with Crippen molar-refractivity contribution >= 4 is 28.6 Å². The van der Waals surface area contributed by atoms with E-state index in [0.29, 0.717) is 19.6 Å². The molecule has 0 amide bonds. The molecule has 0 spiro atoms. The minimum atomic E-state index is -4.65. The van der Waals surface area contributed by atoms with Gasteiger partial charge in [-0.05, 0) is 31.4 Å². The monoisotopic (exact) mass is 452 g/mol. The minimum absolute atomic E-state index is 0.0260. The average molecular weight is 453 g/mol. The Morgan fingerprint density at radius 1 is 1.19 bits per heavy atom. The van der Waals surface area contributed by atoms with E-state index in [0.717, 1.165) is 22.8 Å². The highest BCUT2D eigenvalue weighted by atomic mass is 32.2. The van der Waals surface area contributed by atoms with Gasteiger partial charge in [0.15, 0.2) is 5.69 Å².